The second-order valence-electron chi connectivity index (χ2n) is 4.45. The second kappa shape index (κ2) is 6.00. The monoisotopic (exact) mass is 344 g/mol. The van der Waals surface area contributed by atoms with Gasteiger partial charge >= 0.3 is 0 Å². The van der Waals surface area contributed by atoms with Crippen LogP contribution in [-0.4, -0.2) is 35.7 Å². The van der Waals surface area contributed by atoms with Gasteiger partial charge in [-0.25, -0.2) is 0 Å². The summed E-state index contributed by atoms with van der Waals surface area (Å²) in [5, 5.41) is 4.52. The molecule has 0 amide bonds. The maximum atomic E-state index is 5.99. The molecule has 1 unspecified atom stereocenters. The number of rotatable bonds is 4. The largest absolute Gasteiger partial charge is 0.334 e. The molecule has 5 nitrogen and oxygen atoms in total. The Hall–Kier alpha value is -0.950. The van der Waals surface area contributed by atoms with Crippen LogP contribution in [0.25, 0.3) is 11.5 Å². The number of likely N-dealkylation sites (N-methyl/N-ethyl adjacent to an activating group) is 1. The third-order valence-electron chi connectivity index (χ3n) is 2.49. The highest BCUT2D eigenvalue weighted by Gasteiger charge is 2.17. The normalized spacial score (nSPS) is 12.9. The van der Waals surface area contributed by atoms with Gasteiger partial charge in [-0.1, -0.05) is 16.8 Å². The molecule has 1 heterocycles. The molecule has 19 heavy (non-hydrogen) atoms. The highest BCUT2D eigenvalue weighted by Crippen LogP contribution is 2.30. The molecule has 2 N–H and O–H groups in total. The first-order chi connectivity index (χ1) is 8.97. The van der Waals surface area contributed by atoms with E-state index in [1.54, 1.807) is 12.1 Å². The van der Waals surface area contributed by atoms with Gasteiger partial charge in [0, 0.05) is 16.0 Å². The van der Waals surface area contributed by atoms with Gasteiger partial charge < -0.3 is 15.2 Å². The van der Waals surface area contributed by atoms with Crippen molar-refractivity contribution in [1.29, 1.82) is 0 Å². The first kappa shape index (κ1) is 14.5. The summed E-state index contributed by atoms with van der Waals surface area (Å²) in [6, 6.07) is 5.09. The van der Waals surface area contributed by atoms with Crippen molar-refractivity contribution in [3.8, 4) is 11.5 Å². The number of halogens is 2. The van der Waals surface area contributed by atoms with Gasteiger partial charge in [-0.3, -0.25) is 0 Å². The molecular formula is C12H14BrClN4O. The predicted octanol–water partition coefficient (Wildman–Crippen LogP) is 2.71. The van der Waals surface area contributed by atoms with Crippen LogP contribution in [0.4, 0.5) is 0 Å². The van der Waals surface area contributed by atoms with E-state index in [4.69, 9.17) is 21.9 Å². The van der Waals surface area contributed by atoms with Crippen molar-refractivity contribution in [3.05, 3.63) is 33.5 Å². The van der Waals surface area contributed by atoms with Crippen molar-refractivity contribution in [2.75, 3.05) is 20.6 Å². The van der Waals surface area contributed by atoms with E-state index < -0.39 is 0 Å². The third kappa shape index (κ3) is 3.54. The van der Waals surface area contributed by atoms with Crippen molar-refractivity contribution < 1.29 is 4.52 Å². The summed E-state index contributed by atoms with van der Waals surface area (Å²) >= 11 is 9.39. The molecule has 7 heteroatoms. The van der Waals surface area contributed by atoms with E-state index in [0.717, 1.165) is 10.0 Å². The molecule has 1 aromatic heterocycles. The Bertz CT molecular complexity index is 573. The number of aromatic nitrogens is 2. The molecular weight excluding hydrogens is 332 g/mol. The van der Waals surface area contributed by atoms with Gasteiger partial charge in [-0.05, 0) is 48.2 Å². The zero-order valence-electron chi connectivity index (χ0n) is 10.6. The third-order valence-corrected chi connectivity index (χ3v) is 3.42. The van der Waals surface area contributed by atoms with Gasteiger partial charge in [-0.2, -0.15) is 4.98 Å². The molecule has 1 atom stereocenters. The van der Waals surface area contributed by atoms with E-state index in [0.29, 0.717) is 23.3 Å². The van der Waals surface area contributed by atoms with Crippen LogP contribution in [0.1, 0.15) is 11.9 Å². The van der Waals surface area contributed by atoms with Crippen molar-refractivity contribution in [1.82, 2.24) is 15.0 Å². The second-order valence-corrected chi connectivity index (χ2v) is 5.74. The minimum absolute atomic E-state index is 0.287. The van der Waals surface area contributed by atoms with Gasteiger partial charge in [0.25, 0.3) is 5.89 Å². The molecule has 0 aliphatic carbocycles. The van der Waals surface area contributed by atoms with Crippen LogP contribution in [0.5, 0.6) is 0 Å². The van der Waals surface area contributed by atoms with Crippen molar-refractivity contribution in [2.24, 2.45) is 5.73 Å². The number of nitrogens with zero attached hydrogens (tertiary/aromatic N) is 3. The minimum Gasteiger partial charge on any atom is -0.334 e. The van der Waals surface area contributed by atoms with E-state index in [1.807, 2.05) is 25.1 Å². The number of nitrogens with two attached hydrogens (primary N) is 1. The fourth-order valence-electron chi connectivity index (χ4n) is 1.63. The summed E-state index contributed by atoms with van der Waals surface area (Å²) < 4.78 is 6.08. The molecule has 2 rings (SSSR count). The smallest absolute Gasteiger partial charge is 0.259 e. The number of benzene rings is 1. The van der Waals surface area contributed by atoms with E-state index in [2.05, 4.69) is 26.1 Å². The van der Waals surface area contributed by atoms with Crippen molar-refractivity contribution in [2.45, 2.75) is 6.04 Å². The van der Waals surface area contributed by atoms with Gasteiger partial charge in [0.05, 0.1) is 11.6 Å². The molecule has 0 radical (unpaired) electrons. The summed E-state index contributed by atoms with van der Waals surface area (Å²) in [5.41, 5.74) is 6.74. The zero-order valence-corrected chi connectivity index (χ0v) is 12.9. The van der Waals surface area contributed by atoms with Crippen LogP contribution < -0.4 is 5.73 Å². The summed E-state index contributed by atoms with van der Waals surface area (Å²) in [6.07, 6.45) is 0. The molecule has 0 bridgehead atoms. The lowest BCUT2D eigenvalue weighted by molar-refractivity contribution is 0.357. The molecule has 2 aromatic rings. The summed E-state index contributed by atoms with van der Waals surface area (Å²) in [4.78, 5) is 6.29. The van der Waals surface area contributed by atoms with Crippen molar-refractivity contribution >= 4 is 27.5 Å². The topological polar surface area (TPSA) is 68.2 Å². The molecule has 0 fully saturated rings. The average molecular weight is 346 g/mol. The standard InChI is InChI=1S/C12H14BrClN4O/c1-18(2)6-10(15)11-16-12(19-17-11)8-5-7(14)3-4-9(8)13/h3-5,10H,6,15H2,1-2H3. The summed E-state index contributed by atoms with van der Waals surface area (Å²) in [5.74, 6) is 0.883. The lowest BCUT2D eigenvalue weighted by atomic mass is 10.2. The number of hydrogen-bond acceptors (Lipinski definition) is 5. The van der Waals surface area contributed by atoms with E-state index in [-0.39, 0.29) is 6.04 Å². The quantitative estimate of drug-likeness (QED) is 0.923. The Labute approximate surface area is 124 Å². The SMILES string of the molecule is CN(C)CC(N)c1noc(-c2cc(Cl)ccc2Br)n1. The molecule has 0 saturated heterocycles. The van der Waals surface area contributed by atoms with Gasteiger partial charge in [0.15, 0.2) is 5.82 Å². The van der Waals surface area contributed by atoms with Crippen LogP contribution in [0.3, 0.4) is 0 Å². The van der Waals surface area contributed by atoms with Crippen LogP contribution in [0.15, 0.2) is 27.2 Å². The van der Waals surface area contributed by atoms with E-state index in [1.165, 1.54) is 0 Å². The fourth-order valence-corrected chi connectivity index (χ4v) is 2.22. The highest BCUT2D eigenvalue weighted by molar-refractivity contribution is 9.10. The predicted molar refractivity (Wildman–Crippen MR) is 77.9 cm³/mol. The maximum Gasteiger partial charge on any atom is 0.259 e. The van der Waals surface area contributed by atoms with E-state index >= 15 is 0 Å². The first-order valence-electron chi connectivity index (χ1n) is 5.66. The molecule has 0 saturated carbocycles. The molecule has 1 aromatic carbocycles. The number of hydrogen-bond donors (Lipinski definition) is 1. The fraction of sp³-hybridized carbons (Fsp3) is 0.333. The molecule has 0 spiro atoms. The molecule has 0 aliphatic heterocycles. The lowest BCUT2D eigenvalue weighted by Crippen LogP contribution is -2.26. The van der Waals surface area contributed by atoms with Crippen LogP contribution in [0, 0.1) is 0 Å². The summed E-state index contributed by atoms with van der Waals surface area (Å²) in [7, 11) is 3.88. The Kier molecular flexibility index (Phi) is 4.57. The van der Waals surface area contributed by atoms with Crippen LogP contribution in [0.2, 0.25) is 5.02 Å². The minimum atomic E-state index is -0.287. The Morgan fingerprint density at radius 3 is 2.89 bits per heavy atom. The van der Waals surface area contributed by atoms with Crippen molar-refractivity contribution in [3.63, 3.8) is 0 Å². The first-order valence-corrected chi connectivity index (χ1v) is 6.84. The van der Waals surface area contributed by atoms with Crippen LogP contribution >= 0.6 is 27.5 Å². The van der Waals surface area contributed by atoms with Gasteiger partial charge in [0.2, 0.25) is 0 Å². The maximum absolute atomic E-state index is 5.99. The Morgan fingerprint density at radius 2 is 2.21 bits per heavy atom. The average Bonchev–Trinajstić information content (AvgIpc) is 2.80. The molecule has 0 aliphatic rings. The summed E-state index contributed by atoms with van der Waals surface area (Å²) in [6.45, 7) is 0.649. The van der Waals surface area contributed by atoms with E-state index in [9.17, 15) is 0 Å². The van der Waals surface area contributed by atoms with Gasteiger partial charge in [0.1, 0.15) is 0 Å². The Morgan fingerprint density at radius 1 is 1.47 bits per heavy atom. The van der Waals surface area contributed by atoms with Gasteiger partial charge in [-0.15, -0.1) is 0 Å². The lowest BCUT2D eigenvalue weighted by Gasteiger charge is -2.12. The Balaban J connectivity index is 2.28. The van der Waals surface area contributed by atoms with Crippen LogP contribution in [-0.2, 0) is 0 Å². The highest BCUT2D eigenvalue weighted by atomic mass is 79.9. The zero-order chi connectivity index (χ0) is 14.0. The molecule has 102 valence electrons.